The van der Waals surface area contributed by atoms with Crippen molar-refractivity contribution in [2.75, 3.05) is 0 Å². The van der Waals surface area contributed by atoms with Gasteiger partial charge in [0.2, 0.25) is 0 Å². The fourth-order valence-electron chi connectivity index (χ4n) is 1.72. The minimum absolute atomic E-state index is 0.0597. The van der Waals surface area contributed by atoms with Crippen LogP contribution >= 0.6 is 0 Å². The molecule has 7 heteroatoms. The van der Waals surface area contributed by atoms with Crippen molar-refractivity contribution in [2.24, 2.45) is 0 Å². The molecule has 0 amide bonds. The molecule has 0 aliphatic heterocycles. The van der Waals surface area contributed by atoms with Crippen LogP contribution in [0.1, 0.15) is 12.5 Å². The first kappa shape index (κ1) is 12.4. The molecule has 0 saturated heterocycles. The molecule has 0 aliphatic carbocycles. The summed E-state index contributed by atoms with van der Waals surface area (Å²) >= 11 is 0. The Balaban J connectivity index is 2.82. The standard InChI is InChI=1S/C11H9F3N2O2/c1-2-16-9(17)7-4-3-6(11(12,13)14)5-8(7)15-10(16)18/h3-5H,2H2,1H3,(H,15,18). The van der Waals surface area contributed by atoms with Gasteiger partial charge in [0.05, 0.1) is 16.5 Å². The van der Waals surface area contributed by atoms with Gasteiger partial charge in [-0.05, 0) is 25.1 Å². The van der Waals surface area contributed by atoms with Crippen molar-refractivity contribution in [3.63, 3.8) is 0 Å². The summed E-state index contributed by atoms with van der Waals surface area (Å²) in [5.74, 6) is 0. The Morgan fingerprint density at radius 1 is 1.28 bits per heavy atom. The van der Waals surface area contributed by atoms with Gasteiger partial charge in [0, 0.05) is 6.54 Å². The Hall–Kier alpha value is -2.05. The van der Waals surface area contributed by atoms with Crippen LogP contribution < -0.4 is 11.2 Å². The fraction of sp³-hybridized carbons (Fsp3) is 0.273. The van der Waals surface area contributed by atoms with Gasteiger partial charge < -0.3 is 4.98 Å². The van der Waals surface area contributed by atoms with E-state index in [9.17, 15) is 22.8 Å². The number of rotatable bonds is 1. The molecule has 0 bridgehead atoms. The van der Waals surface area contributed by atoms with E-state index in [1.54, 1.807) is 6.92 Å². The molecule has 1 N–H and O–H groups in total. The molecule has 96 valence electrons. The van der Waals surface area contributed by atoms with Crippen LogP contribution in [-0.2, 0) is 12.7 Å². The number of nitrogens with one attached hydrogen (secondary N) is 1. The summed E-state index contributed by atoms with van der Waals surface area (Å²) in [6, 6.07) is 2.66. The Morgan fingerprint density at radius 2 is 1.94 bits per heavy atom. The van der Waals surface area contributed by atoms with Crippen molar-refractivity contribution in [2.45, 2.75) is 19.6 Å². The number of hydrogen-bond donors (Lipinski definition) is 1. The van der Waals surface area contributed by atoms with Crippen molar-refractivity contribution in [1.82, 2.24) is 9.55 Å². The van der Waals surface area contributed by atoms with Gasteiger partial charge in [0.1, 0.15) is 0 Å². The fourth-order valence-corrected chi connectivity index (χ4v) is 1.72. The minimum Gasteiger partial charge on any atom is -0.307 e. The number of fused-ring (bicyclic) bond motifs is 1. The third-order valence-electron chi connectivity index (χ3n) is 2.63. The van der Waals surface area contributed by atoms with Crippen LogP contribution in [0.4, 0.5) is 13.2 Å². The highest BCUT2D eigenvalue weighted by atomic mass is 19.4. The molecule has 0 fully saturated rings. The lowest BCUT2D eigenvalue weighted by Crippen LogP contribution is -2.34. The normalized spacial score (nSPS) is 12.0. The number of hydrogen-bond acceptors (Lipinski definition) is 2. The number of halogens is 3. The lowest BCUT2D eigenvalue weighted by molar-refractivity contribution is -0.137. The Bertz CT molecular complexity index is 713. The molecule has 1 aromatic heterocycles. The van der Waals surface area contributed by atoms with Gasteiger partial charge in [0.15, 0.2) is 0 Å². The molecule has 0 saturated carbocycles. The zero-order valence-corrected chi connectivity index (χ0v) is 9.34. The summed E-state index contributed by atoms with van der Waals surface area (Å²) in [4.78, 5) is 25.5. The van der Waals surface area contributed by atoms with Crippen LogP contribution in [0.15, 0.2) is 27.8 Å². The summed E-state index contributed by atoms with van der Waals surface area (Å²) in [5.41, 5.74) is -2.32. The highest BCUT2D eigenvalue weighted by Gasteiger charge is 2.30. The van der Waals surface area contributed by atoms with Crippen LogP contribution in [0, 0.1) is 0 Å². The lowest BCUT2D eigenvalue weighted by atomic mass is 10.1. The number of alkyl halides is 3. The smallest absolute Gasteiger partial charge is 0.307 e. The second-order valence-electron chi connectivity index (χ2n) is 3.74. The van der Waals surface area contributed by atoms with Gasteiger partial charge in [-0.25, -0.2) is 4.79 Å². The third kappa shape index (κ3) is 1.92. The molecular weight excluding hydrogens is 249 g/mol. The first-order chi connectivity index (χ1) is 8.34. The number of aromatic nitrogens is 2. The largest absolute Gasteiger partial charge is 0.416 e. The van der Waals surface area contributed by atoms with E-state index in [2.05, 4.69) is 4.98 Å². The van der Waals surface area contributed by atoms with Crippen LogP contribution in [0.5, 0.6) is 0 Å². The molecular formula is C11H9F3N2O2. The van der Waals surface area contributed by atoms with Crippen molar-refractivity contribution < 1.29 is 13.2 Å². The maximum Gasteiger partial charge on any atom is 0.416 e. The highest BCUT2D eigenvalue weighted by molar-refractivity contribution is 5.78. The number of aromatic amines is 1. The molecule has 0 atom stereocenters. The molecule has 1 heterocycles. The van der Waals surface area contributed by atoms with Crippen LogP contribution in [0.2, 0.25) is 0 Å². The quantitative estimate of drug-likeness (QED) is 0.846. The van der Waals surface area contributed by atoms with Gasteiger partial charge in [-0.15, -0.1) is 0 Å². The Morgan fingerprint density at radius 3 is 2.50 bits per heavy atom. The first-order valence-electron chi connectivity index (χ1n) is 5.18. The first-order valence-corrected chi connectivity index (χ1v) is 5.18. The monoisotopic (exact) mass is 258 g/mol. The molecule has 0 spiro atoms. The van der Waals surface area contributed by atoms with E-state index < -0.39 is 23.0 Å². The van der Waals surface area contributed by atoms with Gasteiger partial charge in [0.25, 0.3) is 5.56 Å². The SMILES string of the molecule is CCn1c(=O)[nH]c2cc(C(F)(F)F)ccc2c1=O. The molecule has 0 aliphatic rings. The zero-order chi connectivity index (χ0) is 13.5. The maximum atomic E-state index is 12.5. The summed E-state index contributed by atoms with van der Waals surface area (Å²) in [5, 5.41) is 0.0597. The molecule has 2 rings (SSSR count). The summed E-state index contributed by atoms with van der Waals surface area (Å²) in [6.07, 6.45) is -4.51. The molecule has 18 heavy (non-hydrogen) atoms. The van der Waals surface area contributed by atoms with E-state index in [1.165, 1.54) is 0 Å². The molecule has 0 unspecified atom stereocenters. The van der Waals surface area contributed by atoms with Crippen LogP contribution in [0.25, 0.3) is 10.9 Å². The maximum absolute atomic E-state index is 12.5. The number of H-pyrrole nitrogens is 1. The molecule has 1 aromatic carbocycles. The van der Waals surface area contributed by atoms with Gasteiger partial charge in [-0.1, -0.05) is 0 Å². The minimum atomic E-state index is -4.51. The number of nitrogens with zero attached hydrogens (tertiary/aromatic N) is 1. The predicted octanol–water partition coefficient (Wildman–Crippen LogP) is 1.73. The number of benzene rings is 1. The average Bonchev–Trinajstić information content (AvgIpc) is 2.27. The Kier molecular flexibility index (Phi) is 2.76. The second kappa shape index (κ2) is 4.01. The van der Waals surface area contributed by atoms with E-state index in [1.807, 2.05) is 0 Å². The molecule has 0 radical (unpaired) electrons. The second-order valence-corrected chi connectivity index (χ2v) is 3.74. The Labute approximate surface area is 98.7 Å². The lowest BCUT2D eigenvalue weighted by Gasteiger charge is -2.08. The van der Waals surface area contributed by atoms with Gasteiger partial charge in [-0.2, -0.15) is 13.2 Å². The van der Waals surface area contributed by atoms with E-state index in [-0.39, 0.29) is 17.4 Å². The van der Waals surface area contributed by atoms with Gasteiger partial charge >= 0.3 is 11.9 Å². The average molecular weight is 258 g/mol. The van der Waals surface area contributed by atoms with Crippen molar-refractivity contribution in [1.29, 1.82) is 0 Å². The van der Waals surface area contributed by atoms with Crippen LogP contribution in [-0.4, -0.2) is 9.55 Å². The molecule has 4 nitrogen and oxygen atoms in total. The van der Waals surface area contributed by atoms with E-state index in [0.717, 1.165) is 22.8 Å². The van der Waals surface area contributed by atoms with Crippen LogP contribution in [0.3, 0.4) is 0 Å². The van der Waals surface area contributed by atoms with Crippen molar-refractivity contribution in [3.05, 3.63) is 44.6 Å². The van der Waals surface area contributed by atoms with E-state index in [0.29, 0.717) is 0 Å². The summed E-state index contributed by atoms with van der Waals surface area (Å²) in [6.45, 7) is 1.76. The predicted molar refractivity (Wildman–Crippen MR) is 59.5 cm³/mol. The van der Waals surface area contributed by atoms with Crippen molar-refractivity contribution in [3.8, 4) is 0 Å². The van der Waals surface area contributed by atoms with Crippen molar-refractivity contribution >= 4 is 10.9 Å². The molecule has 2 aromatic rings. The van der Waals surface area contributed by atoms with E-state index >= 15 is 0 Å². The van der Waals surface area contributed by atoms with Gasteiger partial charge in [-0.3, -0.25) is 9.36 Å². The summed E-state index contributed by atoms with van der Waals surface area (Å²) < 4.78 is 38.4. The highest BCUT2D eigenvalue weighted by Crippen LogP contribution is 2.30. The third-order valence-corrected chi connectivity index (χ3v) is 2.63. The topological polar surface area (TPSA) is 54.9 Å². The summed E-state index contributed by atoms with van der Waals surface area (Å²) in [7, 11) is 0. The van der Waals surface area contributed by atoms with E-state index in [4.69, 9.17) is 0 Å². The zero-order valence-electron chi connectivity index (χ0n) is 9.34.